The van der Waals surface area contributed by atoms with Gasteiger partial charge in [-0.15, -0.1) is 0 Å². The highest BCUT2D eigenvalue weighted by Gasteiger charge is 2.46. The smallest absolute Gasteiger partial charge is 0.132 e. The van der Waals surface area contributed by atoms with Crippen LogP contribution in [0.2, 0.25) is 0 Å². The number of alkyl halides is 1. The molecule has 2 rings (SSSR count). The molecule has 0 N–H and O–H groups in total. The zero-order valence-electron chi connectivity index (χ0n) is 8.53. The summed E-state index contributed by atoms with van der Waals surface area (Å²) in [7, 11) is -1.16. The highest BCUT2D eigenvalue weighted by Crippen LogP contribution is 2.29. The van der Waals surface area contributed by atoms with Crippen LogP contribution in [-0.2, 0) is 15.5 Å². The van der Waals surface area contributed by atoms with Gasteiger partial charge in [0.1, 0.15) is 12.3 Å². The third kappa shape index (κ3) is 2.44. The van der Waals surface area contributed by atoms with E-state index in [1.807, 2.05) is 31.2 Å². The fraction of sp³-hybridized carbons (Fsp3) is 0.455. The van der Waals surface area contributed by atoms with Crippen LogP contribution in [0.4, 0.5) is 4.39 Å². The van der Waals surface area contributed by atoms with Crippen molar-refractivity contribution in [1.82, 2.24) is 0 Å². The maximum Gasteiger partial charge on any atom is 0.132 e. The van der Waals surface area contributed by atoms with Gasteiger partial charge in [0.25, 0.3) is 0 Å². The van der Waals surface area contributed by atoms with Gasteiger partial charge in [0.15, 0.2) is 0 Å². The fourth-order valence-corrected chi connectivity index (χ4v) is 2.64. The molecule has 82 valence electrons. The molecule has 1 aromatic rings. The summed E-state index contributed by atoms with van der Waals surface area (Å²) in [5.74, 6) is 0.257. The summed E-state index contributed by atoms with van der Waals surface area (Å²) in [5, 5.41) is 0. The molecule has 2 unspecified atom stereocenters. The zero-order valence-corrected chi connectivity index (χ0v) is 9.35. The molecule has 1 fully saturated rings. The lowest BCUT2D eigenvalue weighted by molar-refractivity contribution is 0.267. The molecule has 0 aromatic heterocycles. The average molecular weight is 228 g/mol. The Hall–Kier alpha value is -0.740. The molecule has 1 aliphatic heterocycles. The van der Waals surface area contributed by atoms with Crippen molar-refractivity contribution in [3.63, 3.8) is 0 Å². The number of halogens is 1. The Bertz CT molecular complexity index is 371. The van der Waals surface area contributed by atoms with Crippen LogP contribution >= 0.6 is 0 Å². The van der Waals surface area contributed by atoms with Crippen LogP contribution in [0.15, 0.2) is 29.2 Å². The number of rotatable bonds is 4. The van der Waals surface area contributed by atoms with Gasteiger partial charge in [0, 0.05) is 4.90 Å². The van der Waals surface area contributed by atoms with Crippen LogP contribution in [-0.4, -0.2) is 28.8 Å². The molecule has 15 heavy (non-hydrogen) atoms. The number of benzene rings is 1. The molecule has 2 atom stereocenters. The number of ether oxygens (including phenoxy) is 1. The van der Waals surface area contributed by atoms with Gasteiger partial charge in [-0.1, -0.05) is 17.7 Å². The van der Waals surface area contributed by atoms with Crippen molar-refractivity contribution in [1.29, 1.82) is 0 Å². The molecule has 0 spiro atoms. The van der Waals surface area contributed by atoms with Crippen LogP contribution in [0.25, 0.3) is 0 Å². The Kier molecular flexibility index (Phi) is 2.89. The quantitative estimate of drug-likeness (QED) is 0.736. The van der Waals surface area contributed by atoms with Gasteiger partial charge >= 0.3 is 0 Å². The van der Waals surface area contributed by atoms with Crippen molar-refractivity contribution in [2.24, 2.45) is 0 Å². The van der Waals surface area contributed by atoms with E-state index in [-0.39, 0.29) is 5.75 Å². The second-order valence-electron chi connectivity index (χ2n) is 3.91. The van der Waals surface area contributed by atoms with E-state index in [1.165, 1.54) is 0 Å². The molecule has 0 aliphatic carbocycles. The van der Waals surface area contributed by atoms with Crippen molar-refractivity contribution >= 4 is 10.8 Å². The van der Waals surface area contributed by atoms with Gasteiger partial charge in [-0.25, -0.2) is 4.39 Å². The Labute approximate surface area is 90.9 Å². The van der Waals surface area contributed by atoms with Crippen molar-refractivity contribution in [3.8, 4) is 0 Å². The molecule has 0 saturated carbocycles. The Morgan fingerprint density at radius 3 is 2.53 bits per heavy atom. The first-order valence-electron chi connectivity index (χ1n) is 4.80. The topological polar surface area (TPSA) is 29.6 Å². The summed E-state index contributed by atoms with van der Waals surface area (Å²) in [6, 6.07) is 7.45. The van der Waals surface area contributed by atoms with Gasteiger partial charge in [0.2, 0.25) is 0 Å². The molecule has 0 bridgehead atoms. The Morgan fingerprint density at radius 2 is 2.07 bits per heavy atom. The van der Waals surface area contributed by atoms with Gasteiger partial charge in [-0.3, -0.25) is 4.21 Å². The molecule has 1 aliphatic rings. The molecule has 1 heterocycles. The molecule has 0 amide bonds. The summed E-state index contributed by atoms with van der Waals surface area (Å²) in [4.78, 5) is 0.740. The van der Waals surface area contributed by atoms with Crippen LogP contribution in [0.3, 0.4) is 0 Å². The fourth-order valence-electron chi connectivity index (χ4n) is 1.31. The van der Waals surface area contributed by atoms with Crippen molar-refractivity contribution in [3.05, 3.63) is 29.8 Å². The molecule has 0 radical (unpaired) electrons. The minimum absolute atomic E-state index is 0.257. The monoisotopic (exact) mass is 228 g/mol. The van der Waals surface area contributed by atoms with Gasteiger partial charge in [-0.2, -0.15) is 0 Å². The average Bonchev–Trinajstić information content (AvgIpc) is 2.99. The maximum absolute atomic E-state index is 12.5. The largest absolute Gasteiger partial charge is 0.366 e. The summed E-state index contributed by atoms with van der Waals surface area (Å²) in [6.45, 7) is 1.81. The normalized spacial score (nSPS) is 26.3. The molecular weight excluding hydrogens is 215 g/mol. The molecule has 1 aromatic carbocycles. The van der Waals surface area contributed by atoms with Crippen LogP contribution in [0.5, 0.6) is 0 Å². The van der Waals surface area contributed by atoms with Crippen LogP contribution in [0, 0.1) is 6.92 Å². The van der Waals surface area contributed by atoms with E-state index in [1.54, 1.807) is 0 Å². The van der Waals surface area contributed by atoms with Crippen molar-refractivity contribution < 1.29 is 13.3 Å². The van der Waals surface area contributed by atoms with Gasteiger partial charge in [0.05, 0.1) is 23.2 Å². The van der Waals surface area contributed by atoms with Crippen LogP contribution in [0.1, 0.15) is 5.56 Å². The number of aryl methyl sites for hydroxylation is 1. The first kappa shape index (κ1) is 10.8. The first-order chi connectivity index (χ1) is 7.15. The second-order valence-corrected chi connectivity index (χ2v) is 5.36. The highest BCUT2D eigenvalue weighted by molar-refractivity contribution is 7.85. The minimum atomic E-state index is -1.16. The molecule has 2 nitrogen and oxygen atoms in total. The van der Waals surface area contributed by atoms with E-state index >= 15 is 0 Å². The van der Waals surface area contributed by atoms with Gasteiger partial charge in [-0.05, 0) is 19.1 Å². The SMILES string of the molecule is Cc1ccc(S(=O)CC2(CF)CO2)cc1. The van der Waals surface area contributed by atoms with Crippen LogP contribution < -0.4 is 0 Å². The van der Waals surface area contributed by atoms with E-state index < -0.39 is 23.1 Å². The third-order valence-electron chi connectivity index (χ3n) is 2.47. The predicted octanol–water partition coefficient (Wildman–Crippen LogP) is 1.84. The molecular formula is C11H13FO2S. The predicted molar refractivity (Wildman–Crippen MR) is 57.1 cm³/mol. The van der Waals surface area contributed by atoms with E-state index in [2.05, 4.69) is 0 Å². The van der Waals surface area contributed by atoms with E-state index in [4.69, 9.17) is 4.74 Å². The Morgan fingerprint density at radius 1 is 1.47 bits per heavy atom. The van der Waals surface area contributed by atoms with E-state index in [9.17, 15) is 8.60 Å². The lowest BCUT2D eigenvalue weighted by Crippen LogP contribution is -2.23. The second kappa shape index (κ2) is 4.02. The Balaban J connectivity index is 2.05. The zero-order chi connectivity index (χ0) is 10.9. The van der Waals surface area contributed by atoms with Crippen molar-refractivity contribution in [2.45, 2.75) is 17.4 Å². The minimum Gasteiger partial charge on any atom is -0.366 e. The highest BCUT2D eigenvalue weighted by atomic mass is 32.2. The molecule has 1 saturated heterocycles. The summed E-state index contributed by atoms with van der Waals surface area (Å²) < 4.78 is 29.3. The number of epoxide rings is 1. The standard InChI is InChI=1S/C11H13FO2S/c1-9-2-4-10(5-3-9)15(13)8-11(6-12)7-14-11/h2-5H,6-8H2,1H3. The first-order valence-corrected chi connectivity index (χ1v) is 6.12. The molecule has 4 heteroatoms. The van der Waals surface area contributed by atoms with Gasteiger partial charge < -0.3 is 4.74 Å². The van der Waals surface area contributed by atoms with E-state index in [0.717, 1.165) is 10.5 Å². The number of hydrogen-bond acceptors (Lipinski definition) is 2. The van der Waals surface area contributed by atoms with Crippen molar-refractivity contribution in [2.75, 3.05) is 19.0 Å². The summed E-state index contributed by atoms with van der Waals surface area (Å²) in [5.41, 5.74) is 0.370. The maximum atomic E-state index is 12.5. The third-order valence-corrected chi connectivity index (χ3v) is 4.06. The number of hydrogen-bond donors (Lipinski definition) is 0. The lowest BCUT2D eigenvalue weighted by Gasteiger charge is -2.07. The summed E-state index contributed by atoms with van der Waals surface area (Å²) >= 11 is 0. The lowest BCUT2D eigenvalue weighted by atomic mass is 10.2. The van der Waals surface area contributed by atoms with E-state index in [0.29, 0.717) is 6.61 Å². The summed E-state index contributed by atoms with van der Waals surface area (Å²) in [6.07, 6.45) is 0.